The second-order valence-corrected chi connectivity index (χ2v) is 5.22. The normalized spacial score (nSPS) is 19.6. The van der Waals surface area contributed by atoms with Crippen molar-refractivity contribution in [1.29, 1.82) is 0 Å². The molecule has 1 fully saturated rings. The molecule has 0 spiro atoms. The zero-order valence-electron chi connectivity index (χ0n) is 11.3. The van der Waals surface area contributed by atoms with Crippen LogP contribution in [0, 0.1) is 11.3 Å². The smallest absolute Gasteiger partial charge is 0.227 e. The fraction of sp³-hybridized carbons (Fsp3) is 0.833. The molecule has 1 aliphatic rings. The lowest BCUT2D eigenvalue weighted by Crippen LogP contribution is -2.47. The molecule has 0 aromatic rings. The van der Waals surface area contributed by atoms with Crippen LogP contribution in [-0.4, -0.2) is 38.5 Å². The summed E-state index contributed by atoms with van der Waals surface area (Å²) in [6, 6.07) is 0. The van der Waals surface area contributed by atoms with Gasteiger partial charge in [0.1, 0.15) is 0 Å². The molecule has 0 aromatic heterocycles. The van der Waals surface area contributed by atoms with Crippen molar-refractivity contribution in [3.05, 3.63) is 0 Å². The van der Waals surface area contributed by atoms with Gasteiger partial charge >= 0.3 is 0 Å². The Balaban J connectivity index is 0.00000289. The molecule has 1 saturated heterocycles. The van der Waals surface area contributed by atoms with Crippen LogP contribution < -0.4 is 16.0 Å². The van der Waals surface area contributed by atoms with Gasteiger partial charge in [0.2, 0.25) is 11.8 Å². The lowest BCUT2D eigenvalue weighted by molar-refractivity contribution is -0.130. The van der Waals surface area contributed by atoms with Crippen LogP contribution in [0.5, 0.6) is 0 Å². The Labute approximate surface area is 115 Å². The molecule has 0 aliphatic carbocycles. The predicted octanol–water partition coefficient (Wildman–Crippen LogP) is 0.296. The van der Waals surface area contributed by atoms with Gasteiger partial charge in [0.05, 0.1) is 11.3 Å². The fourth-order valence-electron chi connectivity index (χ4n) is 1.95. The highest BCUT2D eigenvalue weighted by molar-refractivity contribution is 5.85. The number of hydrogen-bond acceptors (Lipinski definition) is 3. The number of nitrogens with one attached hydrogen (secondary N) is 3. The molecule has 0 saturated carbocycles. The molecule has 0 unspecified atom stereocenters. The van der Waals surface area contributed by atoms with Crippen LogP contribution >= 0.6 is 12.4 Å². The first-order valence-electron chi connectivity index (χ1n) is 6.18. The number of halogens is 1. The summed E-state index contributed by atoms with van der Waals surface area (Å²) < 4.78 is 0. The van der Waals surface area contributed by atoms with Gasteiger partial charge in [-0.05, 0) is 33.2 Å². The van der Waals surface area contributed by atoms with Crippen LogP contribution in [0.2, 0.25) is 0 Å². The zero-order valence-corrected chi connectivity index (χ0v) is 12.2. The summed E-state index contributed by atoms with van der Waals surface area (Å²) in [5.74, 6) is 0.0398. The molecule has 3 N–H and O–H groups in total. The van der Waals surface area contributed by atoms with Crippen LogP contribution in [0.4, 0.5) is 0 Å². The van der Waals surface area contributed by atoms with E-state index in [-0.39, 0.29) is 30.1 Å². The van der Waals surface area contributed by atoms with Crippen molar-refractivity contribution in [2.75, 3.05) is 26.7 Å². The molecule has 106 valence electrons. The van der Waals surface area contributed by atoms with Crippen LogP contribution in [0.15, 0.2) is 0 Å². The van der Waals surface area contributed by atoms with Gasteiger partial charge in [0, 0.05) is 20.1 Å². The Morgan fingerprint density at radius 3 is 2.56 bits per heavy atom. The molecule has 1 aliphatic heterocycles. The molecular weight excluding hydrogens is 254 g/mol. The van der Waals surface area contributed by atoms with Gasteiger partial charge < -0.3 is 16.0 Å². The lowest BCUT2D eigenvalue weighted by Gasteiger charge is -2.26. The van der Waals surface area contributed by atoms with E-state index in [1.165, 1.54) is 0 Å². The van der Waals surface area contributed by atoms with Gasteiger partial charge in [-0.15, -0.1) is 12.4 Å². The fourth-order valence-corrected chi connectivity index (χ4v) is 1.95. The summed E-state index contributed by atoms with van der Waals surface area (Å²) in [5, 5.41) is 8.68. The number of piperidine rings is 1. The third-order valence-corrected chi connectivity index (χ3v) is 3.21. The minimum absolute atomic E-state index is 0. The maximum Gasteiger partial charge on any atom is 0.227 e. The van der Waals surface area contributed by atoms with Crippen molar-refractivity contribution in [3.8, 4) is 0 Å². The average molecular weight is 278 g/mol. The predicted molar refractivity (Wildman–Crippen MR) is 73.7 cm³/mol. The van der Waals surface area contributed by atoms with Crippen molar-refractivity contribution < 1.29 is 9.59 Å². The van der Waals surface area contributed by atoms with E-state index >= 15 is 0 Å². The first-order chi connectivity index (χ1) is 7.97. The SMILES string of the molecule is CNC(=O)C(C)(C)CNC(=O)[C@@H]1CCCNC1.Cl. The van der Waals surface area contributed by atoms with Crippen molar-refractivity contribution >= 4 is 24.2 Å². The van der Waals surface area contributed by atoms with E-state index in [2.05, 4.69) is 16.0 Å². The van der Waals surface area contributed by atoms with Crippen LogP contribution in [-0.2, 0) is 9.59 Å². The topological polar surface area (TPSA) is 70.2 Å². The van der Waals surface area contributed by atoms with Gasteiger partial charge in [-0.25, -0.2) is 0 Å². The van der Waals surface area contributed by atoms with E-state index in [1.807, 2.05) is 13.8 Å². The highest BCUT2D eigenvalue weighted by Crippen LogP contribution is 2.15. The Hall–Kier alpha value is -0.810. The van der Waals surface area contributed by atoms with Gasteiger partial charge in [0.15, 0.2) is 0 Å². The molecular formula is C12H24ClN3O2. The molecule has 18 heavy (non-hydrogen) atoms. The van der Waals surface area contributed by atoms with E-state index in [0.29, 0.717) is 6.54 Å². The minimum atomic E-state index is -0.563. The molecule has 1 rings (SSSR count). The summed E-state index contributed by atoms with van der Waals surface area (Å²) in [7, 11) is 1.61. The molecule has 0 radical (unpaired) electrons. The van der Waals surface area contributed by atoms with Gasteiger partial charge in [-0.1, -0.05) is 0 Å². The summed E-state index contributed by atoms with van der Waals surface area (Å²) in [5.41, 5.74) is -0.563. The summed E-state index contributed by atoms with van der Waals surface area (Å²) >= 11 is 0. The maximum atomic E-state index is 11.9. The number of carbonyl (C=O) groups excluding carboxylic acids is 2. The second kappa shape index (κ2) is 7.59. The first-order valence-corrected chi connectivity index (χ1v) is 6.18. The monoisotopic (exact) mass is 277 g/mol. The minimum Gasteiger partial charge on any atom is -0.359 e. The lowest BCUT2D eigenvalue weighted by atomic mass is 9.91. The highest BCUT2D eigenvalue weighted by Gasteiger charge is 2.28. The van der Waals surface area contributed by atoms with E-state index in [9.17, 15) is 9.59 Å². The molecule has 1 heterocycles. The molecule has 2 amide bonds. The van der Waals surface area contributed by atoms with Gasteiger partial charge in [-0.3, -0.25) is 9.59 Å². The van der Waals surface area contributed by atoms with Crippen LogP contribution in [0.1, 0.15) is 26.7 Å². The number of carbonyl (C=O) groups is 2. The Morgan fingerprint density at radius 2 is 2.06 bits per heavy atom. The number of amides is 2. The largest absolute Gasteiger partial charge is 0.359 e. The molecule has 0 bridgehead atoms. The standard InChI is InChI=1S/C12H23N3O2.ClH/c1-12(2,11(17)13-3)8-15-10(16)9-5-4-6-14-7-9;/h9,14H,4-8H2,1-3H3,(H,13,17)(H,15,16);1H/t9-;/m1./s1. The third kappa shape index (κ3) is 4.82. The second-order valence-electron chi connectivity index (χ2n) is 5.22. The molecule has 1 atom stereocenters. The quantitative estimate of drug-likeness (QED) is 0.692. The van der Waals surface area contributed by atoms with Crippen molar-refractivity contribution in [1.82, 2.24) is 16.0 Å². The van der Waals surface area contributed by atoms with Crippen molar-refractivity contribution in [2.24, 2.45) is 11.3 Å². The summed E-state index contributed by atoms with van der Waals surface area (Å²) in [6.07, 6.45) is 1.97. The number of rotatable bonds is 4. The third-order valence-electron chi connectivity index (χ3n) is 3.21. The van der Waals surface area contributed by atoms with Crippen molar-refractivity contribution in [2.45, 2.75) is 26.7 Å². The van der Waals surface area contributed by atoms with E-state index in [0.717, 1.165) is 25.9 Å². The van der Waals surface area contributed by atoms with E-state index < -0.39 is 5.41 Å². The van der Waals surface area contributed by atoms with E-state index in [4.69, 9.17) is 0 Å². The number of hydrogen-bond donors (Lipinski definition) is 3. The Morgan fingerprint density at radius 1 is 1.39 bits per heavy atom. The van der Waals surface area contributed by atoms with Crippen LogP contribution in [0.3, 0.4) is 0 Å². The summed E-state index contributed by atoms with van der Waals surface area (Å²) in [6.45, 7) is 5.76. The van der Waals surface area contributed by atoms with Gasteiger partial charge in [0.25, 0.3) is 0 Å². The molecule has 5 nitrogen and oxygen atoms in total. The highest BCUT2D eigenvalue weighted by atomic mass is 35.5. The Bertz CT molecular complexity index is 289. The van der Waals surface area contributed by atoms with Crippen molar-refractivity contribution in [3.63, 3.8) is 0 Å². The first kappa shape index (κ1) is 17.2. The maximum absolute atomic E-state index is 11.9. The van der Waals surface area contributed by atoms with E-state index in [1.54, 1.807) is 7.05 Å². The zero-order chi connectivity index (χ0) is 12.9. The van der Waals surface area contributed by atoms with Crippen LogP contribution in [0.25, 0.3) is 0 Å². The summed E-state index contributed by atoms with van der Waals surface area (Å²) in [4.78, 5) is 23.4. The van der Waals surface area contributed by atoms with Gasteiger partial charge in [-0.2, -0.15) is 0 Å². The molecule has 6 heteroatoms. The average Bonchev–Trinajstić information content (AvgIpc) is 2.36. The molecule has 0 aromatic carbocycles. The Kier molecular flexibility index (Phi) is 7.25.